The van der Waals surface area contributed by atoms with Gasteiger partial charge in [0.2, 0.25) is 0 Å². The summed E-state index contributed by atoms with van der Waals surface area (Å²) < 4.78 is 14.0. The van der Waals surface area contributed by atoms with Crippen LogP contribution in [0.4, 0.5) is 0 Å². The summed E-state index contributed by atoms with van der Waals surface area (Å²) >= 11 is 0. The van der Waals surface area contributed by atoms with Crippen molar-refractivity contribution in [1.82, 2.24) is 0 Å². The highest BCUT2D eigenvalue weighted by Gasteiger charge is 2.47. The lowest BCUT2D eigenvalue weighted by Gasteiger charge is -2.42. The first-order valence-electron chi connectivity index (χ1n) is 21.6. The Morgan fingerprint density at radius 1 is 0.375 bits per heavy atom. The Kier molecular flexibility index (Phi) is 9.75. The van der Waals surface area contributed by atoms with E-state index in [1.54, 1.807) is 0 Å². The average molecular weight is 823 g/mol. The second-order valence-electron chi connectivity index (χ2n) is 16.1. The van der Waals surface area contributed by atoms with Gasteiger partial charge in [0, 0.05) is 39.6 Å². The first-order valence-corrected chi connectivity index (χ1v) is 21.6. The minimum absolute atomic E-state index is 0.248. The number of para-hydroxylation sites is 4. The lowest BCUT2D eigenvalue weighted by molar-refractivity contribution is 0.433. The van der Waals surface area contributed by atoms with Crippen LogP contribution in [0.2, 0.25) is 0 Å². The fourth-order valence-corrected chi connectivity index (χ4v) is 9.95. The Morgan fingerprint density at radius 3 is 1.19 bits per heavy atom. The lowest BCUT2D eigenvalue weighted by Crippen LogP contribution is -2.34. The molecule has 4 heteroatoms. The van der Waals surface area contributed by atoms with E-state index >= 15 is 0 Å². The van der Waals surface area contributed by atoms with Crippen molar-refractivity contribution in [2.75, 3.05) is 0 Å². The van der Waals surface area contributed by atoms with Gasteiger partial charge < -0.3 is 14.9 Å². The molecule has 0 aromatic heterocycles. The van der Waals surface area contributed by atoms with E-state index in [-0.39, 0.29) is 5.71 Å². The smallest absolute Gasteiger partial charge is 0.141 e. The molecule has 304 valence electrons. The molecule has 0 unspecified atom stereocenters. The zero-order valence-electron chi connectivity index (χ0n) is 34.9. The monoisotopic (exact) mass is 822 g/mol. The Labute approximate surface area is 373 Å². The number of ether oxygens (including phenoxy) is 2. The lowest BCUT2D eigenvalue weighted by atomic mass is 9.63. The van der Waals surface area contributed by atoms with Gasteiger partial charge in [0.05, 0.1) is 22.2 Å². The van der Waals surface area contributed by atoms with Gasteiger partial charge in [-0.1, -0.05) is 212 Å². The number of aliphatic imine (C=N–C) groups is 1. The zero-order valence-corrected chi connectivity index (χ0v) is 34.9. The van der Waals surface area contributed by atoms with Crippen LogP contribution < -0.4 is 9.47 Å². The highest BCUT2D eigenvalue weighted by Crippen LogP contribution is 2.58. The summed E-state index contributed by atoms with van der Waals surface area (Å²) in [5.74, 6) is 2.83. The molecule has 4 nitrogen and oxygen atoms in total. The number of hydrogen-bond acceptors (Lipinski definition) is 4. The number of rotatable bonds is 9. The van der Waals surface area contributed by atoms with Crippen LogP contribution >= 0.6 is 0 Å². The predicted octanol–water partition coefficient (Wildman–Crippen LogP) is 14.2. The maximum atomic E-state index is 10.1. The van der Waals surface area contributed by atoms with Crippen molar-refractivity contribution in [2.45, 2.75) is 10.8 Å². The van der Waals surface area contributed by atoms with Crippen LogP contribution in [0.1, 0.15) is 61.2 Å². The molecule has 11 rings (SSSR count). The van der Waals surface area contributed by atoms with Crippen molar-refractivity contribution >= 4 is 17.6 Å². The van der Waals surface area contributed by atoms with E-state index < -0.39 is 10.8 Å². The van der Waals surface area contributed by atoms with Crippen LogP contribution in [0.25, 0.3) is 5.70 Å². The molecule has 1 N–H and O–H groups in total. The number of allylic oxidation sites excluding steroid dienone is 1. The number of benzene rings is 9. The molecule has 64 heavy (non-hydrogen) atoms. The maximum absolute atomic E-state index is 10.1. The standard InChI is InChI=1S/C60H42N2O2/c61-53(47-32-20-36-51-57(47)63-55-38-18-16-34-49(55)59(51,43-24-8-2-9-25-43)44-26-10-3-11-27-44)40-54(62-41-42-22-6-1-7-23-42)48-33-21-37-52-58(48)64-56-39-19-17-35-50(56)60(52,45-28-12-4-13-29-45)46-30-14-5-15-31-46/h1-41,61H/b54-40-,61-53?,62-41?. The van der Waals surface area contributed by atoms with Gasteiger partial charge in [-0.05, 0) is 58.2 Å². The highest BCUT2D eigenvalue weighted by atomic mass is 16.5. The molecule has 0 bridgehead atoms. The Bertz CT molecular complexity index is 3140. The van der Waals surface area contributed by atoms with Gasteiger partial charge in [-0.2, -0.15) is 0 Å². The van der Waals surface area contributed by atoms with E-state index in [1.807, 2.05) is 79.0 Å². The molecule has 0 fully saturated rings. The molecule has 0 spiro atoms. The van der Waals surface area contributed by atoms with Crippen LogP contribution in [0.3, 0.4) is 0 Å². The third-order valence-electron chi connectivity index (χ3n) is 12.7. The summed E-state index contributed by atoms with van der Waals surface area (Å²) in [4.78, 5) is 5.23. The molecule has 0 atom stereocenters. The van der Waals surface area contributed by atoms with Crippen LogP contribution in [0.15, 0.2) is 248 Å². The molecule has 9 aromatic rings. The van der Waals surface area contributed by atoms with E-state index in [0.29, 0.717) is 22.8 Å². The summed E-state index contributed by atoms with van der Waals surface area (Å²) in [6, 6.07) is 81.7. The zero-order chi connectivity index (χ0) is 42.9. The summed E-state index contributed by atoms with van der Waals surface area (Å²) in [6.07, 6.45) is 3.72. The molecule has 9 aromatic carbocycles. The minimum atomic E-state index is -0.723. The van der Waals surface area contributed by atoms with Crippen molar-refractivity contribution in [3.05, 3.63) is 304 Å². The molecule has 0 amide bonds. The van der Waals surface area contributed by atoms with E-state index in [2.05, 4.69) is 170 Å². The van der Waals surface area contributed by atoms with E-state index in [9.17, 15) is 5.41 Å². The summed E-state index contributed by atoms with van der Waals surface area (Å²) in [7, 11) is 0. The first kappa shape index (κ1) is 38.6. The summed E-state index contributed by atoms with van der Waals surface area (Å²) in [6.45, 7) is 0. The summed E-state index contributed by atoms with van der Waals surface area (Å²) in [5, 5.41) is 10.1. The fraction of sp³-hybridized carbons (Fsp3) is 0.0333. The van der Waals surface area contributed by atoms with Crippen LogP contribution in [0.5, 0.6) is 23.0 Å². The van der Waals surface area contributed by atoms with Gasteiger partial charge >= 0.3 is 0 Å². The van der Waals surface area contributed by atoms with Crippen molar-refractivity contribution < 1.29 is 9.47 Å². The number of nitrogens with one attached hydrogen (secondary N) is 1. The van der Waals surface area contributed by atoms with Crippen LogP contribution in [-0.4, -0.2) is 11.9 Å². The van der Waals surface area contributed by atoms with E-state index in [1.165, 1.54) is 0 Å². The summed E-state index contributed by atoms with van der Waals surface area (Å²) in [5.41, 5.74) is 10.2. The SMILES string of the molecule is N=C(/C=C(\N=Cc1ccccc1)c1cccc2c1Oc1ccccc1C2(c1ccccc1)c1ccccc1)c1cccc2c1Oc1ccccc1C2(c1ccccc1)c1ccccc1. The third kappa shape index (κ3) is 6.22. The second-order valence-corrected chi connectivity index (χ2v) is 16.1. The van der Waals surface area contributed by atoms with Crippen molar-refractivity contribution in [3.63, 3.8) is 0 Å². The fourth-order valence-electron chi connectivity index (χ4n) is 9.95. The molecule has 0 radical (unpaired) electrons. The Morgan fingerprint density at radius 2 is 0.734 bits per heavy atom. The van der Waals surface area contributed by atoms with E-state index in [4.69, 9.17) is 14.5 Å². The number of fused-ring (bicyclic) bond motifs is 4. The largest absolute Gasteiger partial charge is 0.456 e. The van der Waals surface area contributed by atoms with Gasteiger partial charge in [0.15, 0.2) is 0 Å². The molecule has 2 aliphatic heterocycles. The maximum Gasteiger partial charge on any atom is 0.141 e. The van der Waals surface area contributed by atoms with E-state index in [0.717, 1.165) is 67.1 Å². The molecule has 0 saturated heterocycles. The quantitative estimate of drug-likeness (QED) is 0.147. The Balaban J connectivity index is 1.14. The van der Waals surface area contributed by atoms with Gasteiger partial charge in [-0.15, -0.1) is 0 Å². The average Bonchev–Trinajstić information content (AvgIpc) is 3.37. The molecular formula is C60H42N2O2. The normalized spacial score (nSPS) is 14.2. The highest BCUT2D eigenvalue weighted by molar-refractivity contribution is 6.13. The second kappa shape index (κ2) is 16.2. The molecular weight excluding hydrogens is 781 g/mol. The van der Waals surface area contributed by atoms with Crippen molar-refractivity contribution in [3.8, 4) is 23.0 Å². The first-order chi connectivity index (χ1) is 31.7. The van der Waals surface area contributed by atoms with Crippen LogP contribution in [0, 0.1) is 5.41 Å². The topological polar surface area (TPSA) is 54.7 Å². The third-order valence-corrected chi connectivity index (χ3v) is 12.7. The van der Waals surface area contributed by atoms with Gasteiger partial charge in [0.25, 0.3) is 0 Å². The predicted molar refractivity (Wildman–Crippen MR) is 258 cm³/mol. The van der Waals surface area contributed by atoms with Gasteiger partial charge in [-0.25, -0.2) is 0 Å². The van der Waals surface area contributed by atoms with Crippen molar-refractivity contribution in [2.24, 2.45) is 4.99 Å². The molecule has 0 aliphatic carbocycles. The minimum Gasteiger partial charge on any atom is -0.456 e. The number of hydrogen-bond donors (Lipinski definition) is 1. The number of nitrogens with zero attached hydrogens (tertiary/aromatic N) is 1. The van der Waals surface area contributed by atoms with Crippen molar-refractivity contribution in [1.29, 1.82) is 5.41 Å². The van der Waals surface area contributed by atoms with Gasteiger partial charge in [0.1, 0.15) is 23.0 Å². The molecule has 2 heterocycles. The Hall–Kier alpha value is -8.34. The van der Waals surface area contributed by atoms with Crippen LogP contribution in [-0.2, 0) is 10.8 Å². The van der Waals surface area contributed by atoms with Gasteiger partial charge in [-0.3, -0.25) is 4.99 Å². The molecule has 2 aliphatic rings. The molecule has 0 saturated carbocycles.